The molecule has 0 spiro atoms. The predicted octanol–water partition coefficient (Wildman–Crippen LogP) is 13.9. The summed E-state index contributed by atoms with van der Waals surface area (Å²) in [5, 5.41) is 0. The Balaban J connectivity index is 4.03. The molecule has 0 aliphatic carbocycles. The van der Waals surface area contributed by atoms with E-state index in [2.05, 4.69) is 26.0 Å². The number of phosphoric acid groups is 1. The number of unbranched alkanes of at least 4 members (excludes halogenated alkanes) is 28. The number of phosphoric ester groups is 1. The Morgan fingerprint density at radius 2 is 0.947 bits per heavy atom. The van der Waals surface area contributed by atoms with Gasteiger partial charge in [-0.3, -0.25) is 18.6 Å². The number of carbonyl (C=O) groups excluding carboxylic acids is 2. The number of nitrogens with two attached hydrogens (primary N) is 1. The lowest BCUT2D eigenvalue weighted by Crippen LogP contribution is -2.29. The van der Waals surface area contributed by atoms with Crippen LogP contribution in [0.1, 0.15) is 232 Å². The van der Waals surface area contributed by atoms with Crippen LogP contribution in [0.15, 0.2) is 24.3 Å². The fourth-order valence-corrected chi connectivity index (χ4v) is 7.57. The van der Waals surface area contributed by atoms with E-state index in [0.29, 0.717) is 6.42 Å². The van der Waals surface area contributed by atoms with Gasteiger partial charge in [-0.2, -0.15) is 0 Å². The summed E-state index contributed by atoms with van der Waals surface area (Å²) in [5.74, 6) is -0.896. The normalized spacial score (nSPS) is 13.4. The van der Waals surface area contributed by atoms with Crippen LogP contribution in [0.25, 0.3) is 0 Å². The Kier molecular flexibility index (Phi) is 42.9. The fraction of sp³-hybridized carbons (Fsp3) is 0.872. The summed E-state index contributed by atoms with van der Waals surface area (Å²) < 4.78 is 32.7. The molecule has 0 aliphatic rings. The van der Waals surface area contributed by atoms with Gasteiger partial charge in [-0.15, -0.1) is 0 Å². The summed E-state index contributed by atoms with van der Waals surface area (Å²) in [5.41, 5.74) is 5.35. The molecular formula is C47H90NO8P. The predicted molar refractivity (Wildman–Crippen MR) is 238 cm³/mol. The van der Waals surface area contributed by atoms with Crippen LogP contribution in [0.4, 0.5) is 0 Å². The zero-order valence-electron chi connectivity index (χ0n) is 37.1. The first-order valence-electron chi connectivity index (χ1n) is 23.8. The van der Waals surface area contributed by atoms with Gasteiger partial charge in [0.15, 0.2) is 6.10 Å². The van der Waals surface area contributed by atoms with Crippen molar-refractivity contribution >= 4 is 19.8 Å². The summed E-state index contributed by atoms with van der Waals surface area (Å²) in [6, 6.07) is 0. The van der Waals surface area contributed by atoms with E-state index >= 15 is 0 Å². The standard InChI is InChI=1S/C47H90NO8P/c1-3-5-7-9-11-13-15-17-18-19-20-21-22-23-24-25-26-28-29-31-33-35-37-39-46(49)53-43-45(44-55-57(51,52)54-42-41-48)56-47(50)40-38-36-34-32-30-27-16-14-12-10-8-6-4-2/h27,30,34,36,45H,3-26,28-29,31-33,35,37-44,48H2,1-2H3,(H,51,52)/b30-27+,36-34+. The molecule has 0 heterocycles. The number of carbonyl (C=O) groups is 2. The summed E-state index contributed by atoms with van der Waals surface area (Å²) in [6.45, 7) is 3.69. The first-order chi connectivity index (χ1) is 27.8. The maximum Gasteiger partial charge on any atom is 0.472 e. The number of rotatable bonds is 45. The summed E-state index contributed by atoms with van der Waals surface area (Å²) in [4.78, 5) is 34.9. The Hall–Kier alpha value is -1.51. The third-order valence-corrected chi connectivity index (χ3v) is 11.3. The van der Waals surface area contributed by atoms with Crippen molar-refractivity contribution in [3.05, 3.63) is 24.3 Å². The highest BCUT2D eigenvalue weighted by atomic mass is 31.2. The lowest BCUT2D eigenvalue weighted by Gasteiger charge is -2.19. The number of allylic oxidation sites excluding steroid dienone is 4. The second-order valence-electron chi connectivity index (χ2n) is 16.0. The SMILES string of the molecule is CCCCCCCC/C=C/C/C=C/CCC(=O)OC(COC(=O)CCCCCCCCCCCCCCCCCCCCCCCCC)COP(=O)(O)OCCN. The molecule has 0 rings (SSSR count). The molecule has 0 aliphatic heterocycles. The van der Waals surface area contributed by atoms with Crippen LogP contribution in [-0.2, 0) is 32.7 Å². The molecule has 0 aromatic carbocycles. The monoisotopic (exact) mass is 828 g/mol. The Labute approximate surface area is 351 Å². The van der Waals surface area contributed by atoms with E-state index in [1.54, 1.807) is 0 Å². The van der Waals surface area contributed by atoms with Crippen molar-refractivity contribution in [2.75, 3.05) is 26.4 Å². The average molecular weight is 828 g/mol. The molecule has 0 bridgehead atoms. The van der Waals surface area contributed by atoms with Crippen molar-refractivity contribution in [2.45, 2.75) is 238 Å². The molecule has 2 atom stereocenters. The van der Waals surface area contributed by atoms with Gasteiger partial charge in [0.2, 0.25) is 0 Å². The molecule has 0 radical (unpaired) electrons. The zero-order valence-corrected chi connectivity index (χ0v) is 38.0. The minimum absolute atomic E-state index is 0.0476. The topological polar surface area (TPSA) is 134 Å². The maximum absolute atomic E-state index is 12.5. The van der Waals surface area contributed by atoms with Gasteiger partial charge < -0.3 is 20.1 Å². The highest BCUT2D eigenvalue weighted by Gasteiger charge is 2.25. The lowest BCUT2D eigenvalue weighted by molar-refractivity contribution is -0.161. The second-order valence-corrected chi connectivity index (χ2v) is 17.4. The summed E-state index contributed by atoms with van der Waals surface area (Å²) >= 11 is 0. The first kappa shape index (κ1) is 55.5. The van der Waals surface area contributed by atoms with Crippen molar-refractivity contribution in [1.82, 2.24) is 0 Å². The van der Waals surface area contributed by atoms with Gasteiger partial charge in [-0.05, 0) is 32.1 Å². The van der Waals surface area contributed by atoms with Crippen LogP contribution in [0.3, 0.4) is 0 Å². The van der Waals surface area contributed by atoms with E-state index in [9.17, 15) is 19.0 Å². The van der Waals surface area contributed by atoms with E-state index < -0.39 is 32.5 Å². The number of esters is 2. The van der Waals surface area contributed by atoms with Crippen molar-refractivity contribution < 1.29 is 37.6 Å². The van der Waals surface area contributed by atoms with Gasteiger partial charge in [0.1, 0.15) is 6.61 Å². The second kappa shape index (κ2) is 44.1. The molecule has 10 heteroatoms. The molecule has 0 aromatic rings. The van der Waals surface area contributed by atoms with Crippen LogP contribution >= 0.6 is 7.82 Å². The van der Waals surface area contributed by atoms with Crippen LogP contribution < -0.4 is 5.73 Å². The van der Waals surface area contributed by atoms with Gasteiger partial charge >= 0.3 is 19.8 Å². The summed E-state index contributed by atoms with van der Waals surface area (Å²) in [6.07, 6.45) is 48.1. The summed E-state index contributed by atoms with van der Waals surface area (Å²) in [7, 11) is -4.39. The molecule has 0 fully saturated rings. The van der Waals surface area contributed by atoms with E-state index in [1.165, 1.54) is 167 Å². The van der Waals surface area contributed by atoms with Gasteiger partial charge in [-0.25, -0.2) is 4.57 Å². The number of hydrogen-bond donors (Lipinski definition) is 2. The average Bonchev–Trinajstić information content (AvgIpc) is 3.20. The van der Waals surface area contributed by atoms with Crippen molar-refractivity contribution in [1.29, 1.82) is 0 Å². The molecule has 0 amide bonds. The van der Waals surface area contributed by atoms with Crippen molar-refractivity contribution in [2.24, 2.45) is 5.73 Å². The molecule has 57 heavy (non-hydrogen) atoms. The highest BCUT2D eigenvalue weighted by Crippen LogP contribution is 2.43. The van der Waals surface area contributed by atoms with Crippen molar-refractivity contribution in [3.8, 4) is 0 Å². The van der Waals surface area contributed by atoms with Crippen LogP contribution in [-0.4, -0.2) is 49.3 Å². The fourth-order valence-electron chi connectivity index (χ4n) is 6.81. The van der Waals surface area contributed by atoms with Gasteiger partial charge in [0, 0.05) is 19.4 Å². The molecule has 0 saturated heterocycles. The van der Waals surface area contributed by atoms with Crippen LogP contribution in [0.5, 0.6) is 0 Å². The van der Waals surface area contributed by atoms with Crippen LogP contribution in [0.2, 0.25) is 0 Å². The Morgan fingerprint density at radius 1 is 0.526 bits per heavy atom. The Bertz CT molecular complexity index is 990. The molecule has 0 aromatic heterocycles. The van der Waals surface area contributed by atoms with E-state index in [4.69, 9.17) is 24.3 Å². The largest absolute Gasteiger partial charge is 0.472 e. The zero-order chi connectivity index (χ0) is 41.8. The molecule has 2 unspecified atom stereocenters. The Morgan fingerprint density at radius 3 is 1.40 bits per heavy atom. The maximum atomic E-state index is 12.5. The van der Waals surface area contributed by atoms with Crippen molar-refractivity contribution in [3.63, 3.8) is 0 Å². The quantitative estimate of drug-likeness (QED) is 0.0266. The van der Waals surface area contributed by atoms with E-state index in [0.717, 1.165) is 32.1 Å². The van der Waals surface area contributed by atoms with Gasteiger partial charge in [0.05, 0.1) is 13.2 Å². The molecular weight excluding hydrogens is 737 g/mol. The highest BCUT2D eigenvalue weighted by molar-refractivity contribution is 7.47. The molecule has 0 saturated carbocycles. The lowest BCUT2D eigenvalue weighted by atomic mass is 10.0. The van der Waals surface area contributed by atoms with E-state index in [-0.39, 0.29) is 32.6 Å². The number of hydrogen-bond acceptors (Lipinski definition) is 8. The molecule has 3 N–H and O–H groups in total. The molecule has 9 nitrogen and oxygen atoms in total. The third-order valence-electron chi connectivity index (χ3n) is 10.4. The van der Waals surface area contributed by atoms with E-state index in [1.807, 2.05) is 12.2 Å². The molecule has 336 valence electrons. The first-order valence-corrected chi connectivity index (χ1v) is 25.3. The minimum atomic E-state index is -4.39. The van der Waals surface area contributed by atoms with Gasteiger partial charge in [-0.1, -0.05) is 212 Å². The van der Waals surface area contributed by atoms with Gasteiger partial charge in [0.25, 0.3) is 0 Å². The smallest absolute Gasteiger partial charge is 0.462 e. The van der Waals surface area contributed by atoms with Crippen LogP contribution in [0, 0.1) is 0 Å². The minimum Gasteiger partial charge on any atom is -0.462 e. The third kappa shape index (κ3) is 43.9. The number of ether oxygens (including phenoxy) is 2.